The van der Waals surface area contributed by atoms with Gasteiger partial charge in [-0.05, 0) is 25.1 Å². The van der Waals surface area contributed by atoms with Crippen LogP contribution in [-0.2, 0) is 0 Å². The van der Waals surface area contributed by atoms with Crippen LogP contribution in [0.25, 0.3) is 0 Å². The number of carbonyl (C=O) groups is 1. The molecule has 2 aromatic carbocycles. The Morgan fingerprint density at radius 1 is 1.14 bits per heavy atom. The van der Waals surface area contributed by atoms with Crippen LogP contribution >= 0.6 is 15.9 Å². The molecule has 4 rings (SSSR count). The van der Waals surface area contributed by atoms with Crippen LogP contribution in [0.4, 0.5) is 10.5 Å². The second-order valence-corrected chi connectivity index (χ2v) is 7.80. The number of benzene rings is 2. The number of methoxy groups -OCH3 is 3. The highest BCUT2D eigenvalue weighted by atomic mass is 79.9. The molecule has 2 bridgehead atoms. The number of ether oxygens (including phenoxy) is 4. The smallest absolute Gasteiger partial charge is 0.325 e. The summed E-state index contributed by atoms with van der Waals surface area (Å²) in [6, 6.07) is 8.92. The molecule has 148 valence electrons. The van der Waals surface area contributed by atoms with Gasteiger partial charge in [-0.2, -0.15) is 0 Å². The minimum absolute atomic E-state index is 0.128. The number of anilines is 1. The van der Waals surface area contributed by atoms with Gasteiger partial charge in [-0.25, -0.2) is 4.79 Å². The van der Waals surface area contributed by atoms with Gasteiger partial charge in [-0.1, -0.05) is 15.9 Å². The molecule has 2 atom stereocenters. The SMILES string of the molecule is COc1cc(N2C(=O)N[C@H]3C[C@]2(C)Oc2ccc(Br)cc23)cc(OC)c1OC. The maximum Gasteiger partial charge on any atom is 0.325 e. The number of hydrogen-bond donors (Lipinski definition) is 1. The van der Waals surface area contributed by atoms with Crippen molar-refractivity contribution in [1.82, 2.24) is 5.32 Å². The summed E-state index contributed by atoms with van der Waals surface area (Å²) < 4.78 is 23.5. The van der Waals surface area contributed by atoms with E-state index in [0.29, 0.717) is 29.4 Å². The fraction of sp³-hybridized carbons (Fsp3) is 0.350. The average molecular weight is 449 g/mol. The molecule has 0 saturated carbocycles. The summed E-state index contributed by atoms with van der Waals surface area (Å²) in [6.07, 6.45) is 0.596. The Morgan fingerprint density at radius 3 is 2.43 bits per heavy atom. The number of carbonyl (C=O) groups excluding carboxylic acids is 1. The summed E-state index contributed by atoms with van der Waals surface area (Å²) in [7, 11) is 4.62. The molecule has 0 spiro atoms. The number of halogens is 1. The van der Waals surface area contributed by atoms with Gasteiger partial charge in [0, 0.05) is 28.6 Å². The summed E-state index contributed by atoms with van der Waals surface area (Å²) >= 11 is 3.48. The van der Waals surface area contributed by atoms with Crippen molar-refractivity contribution in [2.24, 2.45) is 0 Å². The second-order valence-electron chi connectivity index (χ2n) is 6.88. The van der Waals surface area contributed by atoms with Crippen molar-refractivity contribution < 1.29 is 23.7 Å². The van der Waals surface area contributed by atoms with Crippen LogP contribution in [0, 0.1) is 0 Å². The molecule has 28 heavy (non-hydrogen) atoms. The van der Waals surface area contributed by atoms with E-state index in [1.54, 1.807) is 38.4 Å². The lowest BCUT2D eigenvalue weighted by atomic mass is 9.90. The van der Waals surface area contributed by atoms with E-state index in [2.05, 4.69) is 21.2 Å². The first-order chi connectivity index (χ1) is 13.4. The average Bonchev–Trinajstić information content (AvgIpc) is 2.67. The Kier molecular flexibility index (Phi) is 4.53. The van der Waals surface area contributed by atoms with Crippen LogP contribution in [0.5, 0.6) is 23.0 Å². The summed E-state index contributed by atoms with van der Waals surface area (Å²) in [5.74, 6) is 2.15. The lowest BCUT2D eigenvalue weighted by Crippen LogP contribution is -2.65. The van der Waals surface area contributed by atoms with E-state index in [1.165, 1.54) is 0 Å². The predicted octanol–water partition coefficient (Wildman–Crippen LogP) is 4.24. The minimum atomic E-state index is -0.863. The molecule has 1 N–H and O–H groups in total. The number of nitrogens with one attached hydrogen (secondary N) is 1. The standard InChI is InChI=1S/C20H21BrN2O5/c1-20-10-14(13-7-11(21)5-6-15(13)28-20)22-19(24)23(20)12-8-16(25-2)18(27-4)17(9-12)26-3/h5-9,14H,10H2,1-4H3,(H,22,24)/t14-,20-/m0/s1. The Morgan fingerprint density at radius 2 is 1.82 bits per heavy atom. The number of amides is 2. The van der Waals surface area contributed by atoms with Gasteiger partial charge in [-0.3, -0.25) is 4.90 Å². The highest BCUT2D eigenvalue weighted by Crippen LogP contribution is 2.48. The Hall–Kier alpha value is -2.61. The molecule has 2 aromatic rings. The van der Waals surface area contributed by atoms with E-state index in [4.69, 9.17) is 18.9 Å². The highest BCUT2D eigenvalue weighted by molar-refractivity contribution is 9.10. The van der Waals surface area contributed by atoms with E-state index in [1.807, 2.05) is 25.1 Å². The van der Waals surface area contributed by atoms with Gasteiger partial charge in [0.05, 0.1) is 33.1 Å². The molecule has 2 heterocycles. The third kappa shape index (κ3) is 2.83. The van der Waals surface area contributed by atoms with E-state index in [-0.39, 0.29) is 12.1 Å². The Balaban J connectivity index is 1.81. The van der Waals surface area contributed by atoms with Crippen molar-refractivity contribution in [3.05, 3.63) is 40.4 Å². The Bertz CT molecular complexity index is 925. The molecule has 8 heteroatoms. The van der Waals surface area contributed by atoms with Crippen LogP contribution < -0.4 is 29.2 Å². The normalized spacial score (nSPS) is 22.7. The first kappa shape index (κ1) is 18.7. The molecule has 1 fully saturated rings. The lowest BCUT2D eigenvalue weighted by Gasteiger charge is -2.50. The maximum absolute atomic E-state index is 13.1. The zero-order valence-corrected chi connectivity index (χ0v) is 17.6. The van der Waals surface area contributed by atoms with E-state index < -0.39 is 5.72 Å². The van der Waals surface area contributed by atoms with Gasteiger partial charge < -0.3 is 24.3 Å². The van der Waals surface area contributed by atoms with E-state index in [0.717, 1.165) is 15.8 Å². The molecule has 2 aliphatic rings. The largest absolute Gasteiger partial charge is 0.493 e. The van der Waals surface area contributed by atoms with Gasteiger partial charge in [0.15, 0.2) is 17.2 Å². The van der Waals surface area contributed by atoms with Crippen molar-refractivity contribution in [3.63, 3.8) is 0 Å². The summed E-state index contributed by atoms with van der Waals surface area (Å²) in [5, 5.41) is 3.08. The van der Waals surface area contributed by atoms with Crippen molar-refractivity contribution >= 4 is 27.6 Å². The molecule has 2 aliphatic heterocycles. The fourth-order valence-electron chi connectivity index (χ4n) is 3.93. The van der Waals surface area contributed by atoms with Gasteiger partial charge >= 0.3 is 6.03 Å². The molecular weight excluding hydrogens is 428 g/mol. The van der Waals surface area contributed by atoms with E-state index >= 15 is 0 Å². The monoisotopic (exact) mass is 448 g/mol. The zero-order chi connectivity index (χ0) is 20.1. The number of nitrogens with zero attached hydrogens (tertiary/aromatic N) is 1. The van der Waals surface area contributed by atoms with Crippen LogP contribution in [-0.4, -0.2) is 33.1 Å². The van der Waals surface area contributed by atoms with Crippen molar-refractivity contribution in [2.45, 2.75) is 25.1 Å². The third-order valence-corrected chi connectivity index (χ3v) is 5.63. The number of urea groups is 1. The third-order valence-electron chi connectivity index (χ3n) is 5.14. The number of hydrogen-bond acceptors (Lipinski definition) is 5. The van der Waals surface area contributed by atoms with Gasteiger partial charge in [0.2, 0.25) is 5.75 Å². The van der Waals surface area contributed by atoms with Crippen LogP contribution in [0.3, 0.4) is 0 Å². The fourth-order valence-corrected chi connectivity index (χ4v) is 4.31. The topological polar surface area (TPSA) is 69.3 Å². The Labute approximate surface area is 171 Å². The van der Waals surface area contributed by atoms with Gasteiger partial charge in [0.1, 0.15) is 5.75 Å². The van der Waals surface area contributed by atoms with Crippen molar-refractivity contribution in [1.29, 1.82) is 0 Å². The minimum Gasteiger partial charge on any atom is -0.493 e. The molecule has 7 nitrogen and oxygen atoms in total. The van der Waals surface area contributed by atoms with Gasteiger partial charge in [-0.15, -0.1) is 0 Å². The second kappa shape index (κ2) is 6.77. The molecule has 1 saturated heterocycles. The molecule has 0 unspecified atom stereocenters. The number of fused-ring (bicyclic) bond motifs is 4. The van der Waals surface area contributed by atoms with Gasteiger partial charge in [0.25, 0.3) is 0 Å². The predicted molar refractivity (Wildman–Crippen MR) is 108 cm³/mol. The van der Waals surface area contributed by atoms with Crippen LogP contribution in [0.1, 0.15) is 24.9 Å². The van der Waals surface area contributed by atoms with E-state index in [9.17, 15) is 4.79 Å². The molecule has 0 radical (unpaired) electrons. The molecular formula is C20H21BrN2O5. The molecule has 2 amide bonds. The highest BCUT2D eigenvalue weighted by Gasteiger charge is 2.50. The summed E-state index contributed by atoms with van der Waals surface area (Å²) in [6.45, 7) is 1.91. The molecule has 0 aliphatic carbocycles. The lowest BCUT2D eigenvalue weighted by molar-refractivity contribution is 0.0378. The maximum atomic E-state index is 13.1. The molecule has 0 aromatic heterocycles. The first-order valence-corrected chi connectivity index (χ1v) is 9.58. The van der Waals surface area contributed by atoms with Crippen molar-refractivity contribution in [3.8, 4) is 23.0 Å². The van der Waals surface area contributed by atoms with Crippen LogP contribution in [0.2, 0.25) is 0 Å². The van der Waals surface area contributed by atoms with Crippen LogP contribution in [0.15, 0.2) is 34.8 Å². The summed E-state index contributed by atoms with van der Waals surface area (Å²) in [4.78, 5) is 14.7. The summed E-state index contributed by atoms with van der Waals surface area (Å²) in [5.41, 5.74) is 0.691. The number of rotatable bonds is 4. The first-order valence-electron chi connectivity index (χ1n) is 8.79. The van der Waals surface area contributed by atoms with Crippen molar-refractivity contribution in [2.75, 3.05) is 26.2 Å². The quantitative estimate of drug-likeness (QED) is 0.756. The zero-order valence-electron chi connectivity index (χ0n) is 16.0.